The normalized spacial score (nSPS) is 21.6. The van der Waals surface area contributed by atoms with Crippen molar-refractivity contribution in [3.8, 4) is 0 Å². The maximum absolute atomic E-state index is 14.0. The summed E-state index contributed by atoms with van der Waals surface area (Å²) < 4.78 is 24.9. The second-order valence-corrected chi connectivity index (χ2v) is 11.9. The fourth-order valence-corrected chi connectivity index (χ4v) is 5.32. The van der Waals surface area contributed by atoms with Crippen molar-refractivity contribution in [3.05, 3.63) is 71.5 Å². The first-order valence-electron chi connectivity index (χ1n) is 14.1. The maximum atomic E-state index is 14.0. The van der Waals surface area contributed by atoms with Crippen molar-refractivity contribution in [2.24, 2.45) is 5.41 Å². The standard InChI is InChI=1S/C31H41FN4O5/c1-20(35(5)30(39)41-19-21-9-7-6-8-10-21)28(37)34-27(31(2,3)4)29(38)36-16-15-24-26(36)25(17-33-24)40-18-22-11-13-23(32)14-12-22/h6-14,20,24-27,33H,15-19H2,1-5H3,(H,34,37)/t20-,24+,25-,26-,27+/m0/s1. The van der Waals surface area contributed by atoms with Gasteiger partial charge in [-0.25, -0.2) is 9.18 Å². The van der Waals surface area contributed by atoms with Gasteiger partial charge in [-0.1, -0.05) is 63.2 Å². The van der Waals surface area contributed by atoms with Crippen molar-refractivity contribution >= 4 is 17.9 Å². The maximum Gasteiger partial charge on any atom is 0.410 e. The SMILES string of the molecule is C[C@@H](C(=O)N[C@H](C(=O)N1CC[C@H]2NC[C@H](OCc3ccc(F)cc3)[C@H]21)C(C)(C)C)N(C)C(=O)OCc1ccccc1. The highest BCUT2D eigenvalue weighted by Crippen LogP contribution is 2.31. The van der Waals surface area contributed by atoms with E-state index >= 15 is 0 Å². The number of nitrogens with one attached hydrogen (secondary N) is 2. The number of ether oxygens (including phenoxy) is 2. The van der Waals surface area contributed by atoms with E-state index in [0.29, 0.717) is 19.7 Å². The molecule has 0 aliphatic carbocycles. The third kappa shape index (κ3) is 7.42. The number of amides is 3. The topological polar surface area (TPSA) is 100 Å². The summed E-state index contributed by atoms with van der Waals surface area (Å²) in [6.45, 7) is 8.86. The Kier molecular flexibility index (Phi) is 9.65. The van der Waals surface area contributed by atoms with Gasteiger partial charge in [0.15, 0.2) is 0 Å². The molecule has 0 radical (unpaired) electrons. The van der Waals surface area contributed by atoms with Crippen molar-refractivity contribution in [2.45, 2.75) is 77.6 Å². The minimum Gasteiger partial charge on any atom is -0.445 e. The summed E-state index contributed by atoms with van der Waals surface area (Å²) in [6, 6.07) is 13.7. The van der Waals surface area contributed by atoms with Crippen LogP contribution in [0.5, 0.6) is 0 Å². The van der Waals surface area contributed by atoms with Crippen molar-refractivity contribution < 1.29 is 28.2 Å². The van der Waals surface area contributed by atoms with E-state index in [1.54, 1.807) is 19.1 Å². The molecule has 9 nitrogen and oxygen atoms in total. The van der Waals surface area contributed by atoms with Crippen molar-refractivity contribution in [1.29, 1.82) is 0 Å². The molecule has 2 N–H and O–H groups in total. The van der Waals surface area contributed by atoms with Gasteiger partial charge in [0, 0.05) is 26.2 Å². The van der Waals surface area contributed by atoms with Crippen LogP contribution in [0.15, 0.2) is 54.6 Å². The number of likely N-dealkylation sites (N-methyl/N-ethyl adjacent to an activating group) is 1. The van der Waals surface area contributed by atoms with Gasteiger partial charge in [-0.05, 0) is 42.0 Å². The second-order valence-electron chi connectivity index (χ2n) is 11.9. The van der Waals surface area contributed by atoms with E-state index in [0.717, 1.165) is 17.5 Å². The van der Waals surface area contributed by atoms with Gasteiger partial charge < -0.3 is 25.0 Å². The molecule has 0 bridgehead atoms. The Morgan fingerprint density at radius 3 is 2.39 bits per heavy atom. The van der Waals surface area contributed by atoms with E-state index in [4.69, 9.17) is 9.47 Å². The molecule has 2 aliphatic rings. The molecular formula is C31H41FN4O5. The molecule has 2 aromatic carbocycles. The van der Waals surface area contributed by atoms with Gasteiger partial charge in [0.2, 0.25) is 11.8 Å². The number of nitrogens with zero attached hydrogens (tertiary/aromatic N) is 2. The van der Waals surface area contributed by atoms with Gasteiger partial charge in [0.1, 0.15) is 24.5 Å². The van der Waals surface area contributed by atoms with Crippen LogP contribution in [-0.4, -0.2) is 78.1 Å². The molecule has 2 aromatic rings. The van der Waals surface area contributed by atoms with Crippen molar-refractivity contribution in [2.75, 3.05) is 20.1 Å². The van der Waals surface area contributed by atoms with Gasteiger partial charge in [-0.3, -0.25) is 14.5 Å². The molecule has 2 aliphatic heterocycles. The van der Waals surface area contributed by atoms with E-state index < -0.39 is 29.5 Å². The summed E-state index contributed by atoms with van der Waals surface area (Å²) >= 11 is 0. The molecule has 0 unspecified atom stereocenters. The molecule has 2 heterocycles. The van der Waals surface area contributed by atoms with E-state index in [-0.39, 0.29) is 36.5 Å². The van der Waals surface area contributed by atoms with Crippen LogP contribution in [0.3, 0.4) is 0 Å². The largest absolute Gasteiger partial charge is 0.445 e. The van der Waals surface area contributed by atoms with E-state index in [2.05, 4.69) is 10.6 Å². The van der Waals surface area contributed by atoms with Gasteiger partial charge in [-0.15, -0.1) is 0 Å². The summed E-state index contributed by atoms with van der Waals surface area (Å²) in [6.07, 6.45) is -0.0859. The second kappa shape index (κ2) is 13.0. The van der Waals surface area contributed by atoms with Crippen LogP contribution in [-0.2, 0) is 32.3 Å². The third-order valence-electron chi connectivity index (χ3n) is 7.93. The monoisotopic (exact) mass is 568 g/mol. The quantitative estimate of drug-likeness (QED) is 0.481. The predicted octanol–water partition coefficient (Wildman–Crippen LogP) is 3.47. The molecule has 0 spiro atoms. The highest BCUT2D eigenvalue weighted by atomic mass is 19.1. The van der Waals surface area contributed by atoms with E-state index in [1.807, 2.05) is 56.0 Å². The smallest absolute Gasteiger partial charge is 0.410 e. The molecule has 2 saturated heterocycles. The lowest BCUT2D eigenvalue weighted by atomic mass is 9.85. The number of benzene rings is 2. The zero-order valence-corrected chi connectivity index (χ0v) is 24.4. The number of carbonyl (C=O) groups excluding carboxylic acids is 3. The first-order valence-corrected chi connectivity index (χ1v) is 14.1. The molecule has 4 rings (SSSR count). The first-order chi connectivity index (χ1) is 19.5. The first kappa shape index (κ1) is 30.5. The van der Waals surface area contributed by atoms with Crippen LogP contribution in [0.2, 0.25) is 0 Å². The Balaban J connectivity index is 1.39. The van der Waals surface area contributed by atoms with Gasteiger partial charge in [-0.2, -0.15) is 0 Å². The summed E-state index contributed by atoms with van der Waals surface area (Å²) in [4.78, 5) is 43.0. The molecule has 41 heavy (non-hydrogen) atoms. The molecule has 3 amide bonds. The van der Waals surface area contributed by atoms with Crippen LogP contribution in [0, 0.1) is 11.2 Å². The van der Waals surface area contributed by atoms with Crippen LogP contribution in [0.25, 0.3) is 0 Å². The zero-order chi connectivity index (χ0) is 29.7. The minimum atomic E-state index is -0.859. The van der Waals surface area contributed by atoms with Gasteiger partial charge in [0.05, 0.1) is 18.8 Å². The van der Waals surface area contributed by atoms with E-state index in [9.17, 15) is 18.8 Å². The molecule has 10 heteroatoms. The molecule has 2 fully saturated rings. The highest BCUT2D eigenvalue weighted by Gasteiger charge is 2.49. The van der Waals surface area contributed by atoms with E-state index in [1.165, 1.54) is 24.1 Å². The fraction of sp³-hybridized carbons (Fsp3) is 0.516. The van der Waals surface area contributed by atoms with Crippen molar-refractivity contribution in [3.63, 3.8) is 0 Å². The Bertz CT molecular complexity index is 1200. The van der Waals surface area contributed by atoms with Crippen LogP contribution >= 0.6 is 0 Å². The summed E-state index contributed by atoms with van der Waals surface area (Å²) in [5, 5.41) is 6.39. The molecule has 0 saturated carbocycles. The highest BCUT2D eigenvalue weighted by molar-refractivity contribution is 5.92. The Morgan fingerprint density at radius 1 is 1.07 bits per heavy atom. The predicted molar refractivity (Wildman–Crippen MR) is 152 cm³/mol. The van der Waals surface area contributed by atoms with Crippen LogP contribution < -0.4 is 10.6 Å². The Labute approximate surface area is 241 Å². The minimum absolute atomic E-state index is 0.0946. The number of likely N-dealkylation sites (tertiary alicyclic amines) is 1. The zero-order valence-electron chi connectivity index (χ0n) is 24.4. The molecule has 0 aromatic heterocycles. The van der Waals surface area contributed by atoms with Crippen LogP contribution in [0.4, 0.5) is 9.18 Å². The average Bonchev–Trinajstić information content (AvgIpc) is 3.55. The molecule has 5 atom stereocenters. The molecule has 222 valence electrons. The lowest BCUT2D eigenvalue weighted by Gasteiger charge is -2.37. The number of hydrogen-bond acceptors (Lipinski definition) is 6. The number of carbonyl (C=O) groups is 3. The lowest BCUT2D eigenvalue weighted by Crippen LogP contribution is -2.60. The fourth-order valence-electron chi connectivity index (χ4n) is 5.32. The summed E-state index contributed by atoms with van der Waals surface area (Å²) in [5.41, 5.74) is 1.11. The van der Waals surface area contributed by atoms with Crippen LogP contribution in [0.1, 0.15) is 45.2 Å². The van der Waals surface area contributed by atoms with Crippen molar-refractivity contribution in [1.82, 2.24) is 20.4 Å². The Hall–Kier alpha value is -3.50. The number of hydrogen-bond donors (Lipinski definition) is 2. The van der Waals surface area contributed by atoms with Gasteiger partial charge >= 0.3 is 6.09 Å². The average molecular weight is 569 g/mol. The lowest BCUT2D eigenvalue weighted by molar-refractivity contribution is -0.143. The van der Waals surface area contributed by atoms with Gasteiger partial charge in [0.25, 0.3) is 0 Å². The third-order valence-corrected chi connectivity index (χ3v) is 7.93. The number of rotatable bonds is 9. The summed E-state index contributed by atoms with van der Waals surface area (Å²) in [5.74, 6) is -0.926. The summed E-state index contributed by atoms with van der Waals surface area (Å²) in [7, 11) is 1.50. The number of halogens is 1. The Morgan fingerprint density at radius 2 is 1.73 bits per heavy atom. The molecular weight excluding hydrogens is 527 g/mol. The number of fused-ring (bicyclic) bond motifs is 1.